The molecule has 90 valence electrons. The topological polar surface area (TPSA) is 42.0 Å². The maximum absolute atomic E-state index is 12.0. The first-order valence-electron chi connectivity index (χ1n) is 5.88. The van der Waals surface area contributed by atoms with E-state index in [4.69, 9.17) is 6.42 Å². The normalized spacial score (nSPS) is 9.94. The second kappa shape index (κ2) is 5.83. The number of benzene rings is 1. The number of rotatable bonds is 4. The molecule has 1 aromatic heterocycles. The fraction of sp³-hybridized carbons (Fsp3) is 0.200. The van der Waals surface area contributed by atoms with Gasteiger partial charge >= 0.3 is 0 Å². The van der Waals surface area contributed by atoms with Crippen LogP contribution in [0.25, 0.3) is 10.9 Å². The van der Waals surface area contributed by atoms with Crippen LogP contribution in [0.3, 0.4) is 0 Å². The third-order valence-electron chi connectivity index (χ3n) is 2.67. The van der Waals surface area contributed by atoms with Gasteiger partial charge < -0.3 is 5.32 Å². The van der Waals surface area contributed by atoms with Crippen molar-refractivity contribution >= 4 is 16.8 Å². The van der Waals surface area contributed by atoms with Crippen molar-refractivity contribution in [3.05, 3.63) is 42.1 Å². The number of carbonyl (C=O) groups is 1. The molecule has 0 saturated heterocycles. The molecule has 1 aromatic carbocycles. The Hall–Kier alpha value is -2.34. The minimum atomic E-state index is -0.0781. The summed E-state index contributed by atoms with van der Waals surface area (Å²) in [5.74, 6) is 2.47. The number of hydrogen-bond acceptors (Lipinski definition) is 2. The fourth-order valence-corrected chi connectivity index (χ4v) is 1.79. The van der Waals surface area contributed by atoms with Gasteiger partial charge in [0.05, 0.1) is 5.52 Å². The molecule has 0 aliphatic carbocycles. The molecule has 2 aromatic rings. The highest BCUT2D eigenvalue weighted by Gasteiger charge is 2.08. The Bertz CT molecular complexity index is 593. The third-order valence-corrected chi connectivity index (χ3v) is 2.67. The Kier molecular flexibility index (Phi) is 3.93. The highest BCUT2D eigenvalue weighted by Crippen LogP contribution is 2.16. The molecule has 3 heteroatoms. The molecule has 0 saturated carbocycles. The number of pyridine rings is 1. The van der Waals surface area contributed by atoms with Gasteiger partial charge in [0.15, 0.2) is 0 Å². The van der Waals surface area contributed by atoms with E-state index in [1.807, 2.05) is 24.3 Å². The first kappa shape index (κ1) is 12.1. The summed E-state index contributed by atoms with van der Waals surface area (Å²) in [7, 11) is 0. The van der Waals surface area contributed by atoms with Crippen LogP contribution in [0.4, 0.5) is 0 Å². The van der Waals surface area contributed by atoms with Crippen molar-refractivity contribution in [1.29, 1.82) is 0 Å². The van der Waals surface area contributed by atoms with Crippen molar-refractivity contribution < 1.29 is 4.79 Å². The second-order valence-corrected chi connectivity index (χ2v) is 3.94. The van der Waals surface area contributed by atoms with Crippen LogP contribution in [0.15, 0.2) is 36.5 Å². The molecule has 18 heavy (non-hydrogen) atoms. The monoisotopic (exact) mass is 238 g/mol. The highest BCUT2D eigenvalue weighted by atomic mass is 16.1. The van der Waals surface area contributed by atoms with E-state index in [0.717, 1.165) is 17.3 Å². The van der Waals surface area contributed by atoms with Gasteiger partial charge in [0.2, 0.25) is 0 Å². The van der Waals surface area contributed by atoms with Crippen LogP contribution in [-0.4, -0.2) is 17.4 Å². The number of amides is 1. The minimum Gasteiger partial charge on any atom is -0.352 e. The van der Waals surface area contributed by atoms with E-state index in [1.54, 1.807) is 12.3 Å². The highest BCUT2D eigenvalue weighted by molar-refractivity contribution is 6.06. The van der Waals surface area contributed by atoms with Gasteiger partial charge in [-0.15, -0.1) is 12.3 Å². The number of nitrogens with one attached hydrogen (secondary N) is 1. The van der Waals surface area contributed by atoms with E-state index in [-0.39, 0.29) is 5.91 Å². The number of nitrogens with zero attached hydrogens (tertiary/aromatic N) is 1. The number of hydrogen-bond donors (Lipinski definition) is 1. The van der Waals surface area contributed by atoms with Crippen LogP contribution < -0.4 is 5.32 Å². The molecule has 0 aliphatic heterocycles. The van der Waals surface area contributed by atoms with E-state index < -0.39 is 0 Å². The molecule has 1 heterocycles. The maximum atomic E-state index is 12.0. The van der Waals surface area contributed by atoms with Gasteiger partial charge in [-0.25, -0.2) is 0 Å². The summed E-state index contributed by atoms with van der Waals surface area (Å²) in [5, 5.41) is 3.73. The molecule has 0 fully saturated rings. The molecular formula is C15H14N2O. The van der Waals surface area contributed by atoms with Crippen molar-refractivity contribution in [2.24, 2.45) is 0 Å². The van der Waals surface area contributed by atoms with E-state index in [2.05, 4.69) is 16.2 Å². The zero-order chi connectivity index (χ0) is 12.8. The lowest BCUT2D eigenvalue weighted by molar-refractivity contribution is 0.0955. The minimum absolute atomic E-state index is 0.0781. The van der Waals surface area contributed by atoms with Gasteiger partial charge in [0.1, 0.15) is 0 Å². The van der Waals surface area contributed by atoms with Gasteiger partial charge in [-0.3, -0.25) is 9.78 Å². The Morgan fingerprint density at radius 1 is 1.33 bits per heavy atom. The molecule has 0 unspecified atom stereocenters. The summed E-state index contributed by atoms with van der Waals surface area (Å²) in [5.41, 5.74) is 1.48. The number of terminal acetylenes is 1. The zero-order valence-electron chi connectivity index (χ0n) is 10.0. The smallest absolute Gasteiger partial charge is 0.251 e. The summed E-state index contributed by atoms with van der Waals surface area (Å²) >= 11 is 0. The number of carbonyl (C=O) groups excluding carboxylic acids is 1. The van der Waals surface area contributed by atoms with Crippen LogP contribution in [-0.2, 0) is 0 Å². The average Bonchev–Trinajstić information content (AvgIpc) is 2.43. The standard InChI is InChI=1S/C15H14N2O/c1-2-3-4-10-17-15(18)13-7-5-9-14-12(13)8-6-11-16-14/h1,5-9,11H,3-4,10H2,(H,17,18). The van der Waals surface area contributed by atoms with Crippen LogP contribution in [0.5, 0.6) is 0 Å². The van der Waals surface area contributed by atoms with Crippen molar-refractivity contribution in [3.63, 3.8) is 0 Å². The van der Waals surface area contributed by atoms with Crippen LogP contribution in [0, 0.1) is 12.3 Å². The third kappa shape index (κ3) is 2.67. The van der Waals surface area contributed by atoms with E-state index in [0.29, 0.717) is 18.5 Å². The Morgan fingerprint density at radius 2 is 2.22 bits per heavy atom. The van der Waals surface area contributed by atoms with Crippen molar-refractivity contribution in [2.45, 2.75) is 12.8 Å². The average molecular weight is 238 g/mol. The van der Waals surface area contributed by atoms with Crippen molar-refractivity contribution in [1.82, 2.24) is 10.3 Å². The van der Waals surface area contributed by atoms with Crippen molar-refractivity contribution in [3.8, 4) is 12.3 Å². The maximum Gasteiger partial charge on any atom is 0.251 e. The second-order valence-electron chi connectivity index (χ2n) is 3.94. The quantitative estimate of drug-likeness (QED) is 0.656. The molecule has 0 aliphatic rings. The lowest BCUT2D eigenvalue weighted by Gasteiger charge is -2.06. The van der Waals surface area contributed by atoms with Gasteiger partial charge in [-0.1, -0.05) is 12.1 Å². The lowest BCUT2D eigenvalue weighted by Crippen LogP contribution is -2.24. The number of aromatic nitrogens is 1. The molecule has 0 bridgehead atoms. The van der Waals surface area contributed by atoms with Gasteiger partial charge in [-0.05, 0) is 24.6 Å². The van der Waals surface area contributed by atoms with Gasteiger partial charge in [0, 0.05) is 30.1 Å². The number of unbranched alkanes of at least 4 members (excludes halogenated alkanes) is 1. The van der Waals surface area contributed by atoms with Crippen LogP contribution >= 0.6 is 0 Å². The zero-order valence-corrected chi connectivity index (χ0v) is 10.0. The van der Waals surface area contributed by atoms with E-state index in [1.165, 1.54) is 0 Å². The summed E-state index contributed by atoms with van der Waals surface area (Å²) < 4.78 is 0. The first-order valence-corrected chi connectivity index (χ1v) is 5.88. The molecule has 2 rings (SSSR count). The molecule has 3 nitrogen and oxygen atoms in total. The Balaban J connectivity index is 2.15. The largest absolute Gasteiger partial charge is 0.352 e. The van der Waals surface area contributed by atoms with Crippen LogP contribution in [0.2, 0.25) is 0 Å². The predicted octanol–water partition coefficient (Wildman–Crippen LogP) is 2.38. The summed E-state index contributed by atoms with van der Waals surface area (Å²) in [6.07, 6.45) is 8.35. The summed E-state index contributed by atoms with van der Waals surface area (Å²) in [4.78, 5) is 16.3. The molecule has 0 spiro atoms. The number of fused-ring (bicyclic) bond motifs is 1. The Morgan fingerprint density at radius 3 is 3.06 bits per heavy atom. The van der Waals surface area contributed by atoms with Gasteiger partial charge in [0.25, 0.3) is 5.91 Å². The van der Waals surface area contributed by atoms with Crippen LogP contribution in [0.1, 0.15) is 23.2 Å². The molecule has 0 atom stereocenters. The molecule has 1 N–H and O–H groups in total. The fourth-order valence-electron chi connectivity index (χ4n) is 1.79. The predicted molar refractivity (Wildman–Crippen MR) is 72.1 cm³/mol. The van der Waals surface area contributed by atoms with E-state index in [9.17, 15) is 4.79 Å². The Labute approximate surface area is 106 Å². The van der Waals surface area contributed by atoms with Crippen molar-refractivity contribution in [2.75, 3.05) is 6.54 Å². The molecular weight excluding hydrogens is 224 g/mol. The van der Waals surface area contributed by atoms with E-state index >= 15 is 0 Å². The SMILES string of the molecule is C#CCCCNC(=O)c1cccc2ncccc12. The molecule has 1 amide bonds. The van der Waals surface area contributed by atoms with Gasteiger partial charge in [-0.2, -0.15) is 0 Å². The summed E-state index contributed by atoms with van der Waals surface area (Å²) in [6, 6.07) is 9.27. The lowest BCUT2D eigenvalue weighted by atomic mass is 10.1. The first-order chi connectivity index (χ1) is 8.83. The molecule has 0 radical (unpaired) electrons. The summed E-state index contributed by atoms with van der Waals surface area (Å²) in [6.45, 7) is 0.597.